The minimum Gasteiger partial charge on any atom is -0.377 e. The van der Waals surface area contributed by atoms with Crippen molar-refractivity contribution >= 4 is 21.4 Å². The van der Waals surface area contributed by atoms with Crippen LogP contribution in [0, 0.1) is 0 Å². The van der Waals surface area contributed by atoms with Crippen molar-refractivity contribution in [3.05, 3.63) is 29.8 Å². The summed E-state index contributed by atoms with van der Waals surface area (Å²) in [4.78, 5) is 12.7. The van der Waals surface area contributed by atoms with Gasteiger partial charge in [0.2, 0.25) is 5.91 Å². The monoisotopic (exact) mass is 340 g/mol. The highest BCUT2D eigenvalue weighted by molar-refractivity contribution is 7.92. The van der Waals surface area contributed by atoms with Crippen LogP contribution in [0.25, 0.3) is 0 Å². The largest absolute Gasteiger partial charge is 0.377 e. The van der Waals surface area contributed by atoms with Crippen LogP contribution >= 0.6 is 0 Å². The van der Waals surface area contributed by atoms with Crippen LogP contribution in [0.5, 0.6) is 0 Å². The maximum atomic E-state index is 12.7. The molecule has 1 aliphatic rings. The number of hydrogen-bond donors (Lipinski definition) is 2. The first kappa shape index (κ1) is 17.9. The third-order valence-electron chi connectivity index (χ3n) is 4.22. The number of sulfone groups is 1. The molecule has 1 fully saturated rings. The molecule has 1 aliphatic heterocycles. The zero-order valence-electron chi connectivity index (χ0n) is 13.6. The van der Waals surface area contributed by atoms with Crippen LogP contribution in [-0.2, 0) is 26.0 Å². The van der Waals surface area contributed by atoms with Crippen LogP contribution in [0.2, 0.25) is 0 Å². The molecule has 1 aromatic rings. The molecule has 1 heterocycles. The lowest BCUT2D eigenvalue weighted by atomic mass is 9.95. The molecular formula is C16H24N2O4S. The average molecular weight is 340 g/mol. The number of carbonyl (C=O) groups excluding carboxylic acids is 1. The number of piperidine rings is 1. The van der Waals surface area contributed by atoms with Crippen molar-refractivity contribution < 1.29 is 17.9 Å². The van der Waals surface area contributed by atoms with Gasteiger partial charge in [0, 0.05) is 18.6 Å². The highest BCUT2D eigenvalue weighted by Crippen LogP contribution is 2.29. The second kappa shape index (κ2) is 7.42. The molecule has 1 aromatic carbocycles. The van der Waals surface area contributed by atoms with E-state index < -0.39 is 20.5 Å². The summed E-state index contributed by atoms with van der Waals surface area (Å²) in [7, 11) is -3.50. The van der Waals surface area contributed by atoms with E-state index in [1.165, 1.54) is 0 Å². The van der Waals surface area contributed by atoms with Gasteiger partial charge in [-0.25, -0.2) is 8.42 Å². The molecule has 0 aromatic heterocycles. The maximum absolute atomic E-state index is 12.7. The Morgan fingerprint density at radius 2 is 1.87 bits per heavy atom. The van der Waals surface area contributed by atoms with Crippen molar-refractivity contribution in [1.29, 1.82) is 0 Å². The molecule has 1 saturated heterocycles. The van der Waals surface area contributed by atoms with Crippen molar-refractivity contribution in [2.24, 2.45) is 0 Å². The van der Waals surface area contributed by atoms with Gasteiger partial charge in [0.25, 0.3) is 0 Å². The molecule has 128 valence electrons. The van der Waals surface area contributed by atoms with Gasteiger partial charge >= 0.3 is 0 Å². The van der Waals surface area contributed by atoms with E-state index in [9.17, 15) is 13.2 Å². The highest BCUT2D eigenvalue weighted by atomic mass is 32.2. The molecule has 0 unspecified atom stereocenters. The highest BCUT2D eigenvalue weighted by Gasteiger charge is 2.48. The maximum Gasteiger partial charge on any atom is 0.245 e. The summed E-state index contributed by atoms with van der Waals surface area (Å²) < 4.78 is 28.4. The predicted octanol–water partition coefficient (Wildman–Crippen LogP) is 1.33. The molecule has 23 heavy (non-hydrogen) atoms. The van der Waals surface area contributed by atoms with Gasteiger partial charge < -0.3 is 15.4 Å². The van der Waals surface area contributed by atoms with Crippen LogP contribution in [0.1, 0.15) is 25.3 Å². The van der Waals surface area contributed by atoms with E-state index in [0.29, 0.717) is 44.8 Å². The predicted molar refractivity (Wildman–Crippen MR) is 90.1 cm³/mol. The SMILES string of the molecule is CCOCc1ccc(NC(=O)C2(S(C)(=O)=O)CCNCC2)cc1. The summed E-state index contributed by atoms with van der Waals surface area (Å²) >= 11 is 0. The van der Waals surface area contributed by atoms with Gasteiger partial charge in [-0.2, -0.15) is 0 Å². The number of carbonyl (C=O) groups is 1. The Labute approximate surface area is 137 Å². The first-order chi connectivity index (χ1) is 10.9. The van der Waals surface area contributed by atoms with Gasteiger partial charge in [-0.1, -0.05) is 12.1 Å². The minimum atomic E-state index is -3.50. The van der Waals surface area contributed by atoms with E-state index in [0.717, 1.165) is 11.8 Å². The third kappa shape index (κ3) is 4.10. The number of nitrogens with one attached hydrogen (secondary N) is 2. The van der Waals surface area contributed by atoms with E-state index in [2.05, 4.69) is 10.6 Å². The number of ether oxygens (including phenoxy) is 1. The quantitative estimate of drug-likeness (QED) is 0.816. The first-order valence-corrected chi connectivity index (χ1v) is 9.66. The van der Waals surface area contributed by atoms with E-state index >= 15 is 0 Å². The lowest BCUT2D eigenvalue weighted by molar-refractivity contribution is -0.119. The summed E-state index contributed by atoms with van der Waals surface area (Å²) in [6, 6.07) is 7.26. The number of hydrogen-bond acceptors (Lipinski definition) is 5. The Morgan fingerprint density at radius 3 is 2.39 bits per heavy atom. The summed E-state index contributed by atoms with van der Waals surface area (Å²) in [6.07, 6.45) is 1.73. The molecule has 6 nitrogen and oxygen atoms in total. The van der Waals surface area contributed by atoms with Gasteiger partial charge in [0.15, 0.2) is 14.6 Å². The minimum absolute atomic E-state index is 0.292. The van der Waals surface area contributed by atoms with Gasteiger partial charge in [-0.3, -0.25) is 4.79 Å². The molecule has 2 N–H and O–H groups in total. The Kier molecular flexibility index (Phi) is 5.78. The van der Waals surface area contributed by atoms with Gasteiger partial charge in [0.1, 0.15) is 0 Å². The summed E-state index contributed by atoms with van der Waals surface area (Å²) in [5.41, 5.74) is 1.60. The van der Waals surface area contributed by atoms with Crippen molar-refractivity contribution in [3.8, 4) is 0 Å². The summed E-state index contributed by atoms with van der Waals surface area (Å²) in [5.74, 6) is -0.445. The van der Waals surface area contributed by atoms with Crippen LogP contribution in [0.3, 0.4) is 0 Å². The molecule has 0 aliphatic carbocycles. The fourth-order valence-electron chi connectivity index (χ4n) is 2.75. The zero-order valence-corrected chi connectivity index (χ0v) is 14.4. The summed E-state index contributed by atoms with van der Waals surface area (Å²) in [5, 5.41) is 5.85. The normalized spacial score (nSPS) is 17.7. The molecule has 0 spiro atoms. The van der Waals surface area contributed by atoms with Crippen LogP contribution < -0.4 is 10.6 Å². The number of rotatable bonds is 6. The van der Waals surface area contributed by atoms with Crippen LogP contribution in [0.4, 0.5) is 5.69 Å². The Morgan fingerprint density at radius 1 is 1.26 bits per heavy atom. The van der Waals surface area contributed by atoms with Crippen molar-refractivity contribution in [2.45, 2.75) is 31.1 Å². The fourth-order valence-corrected chi connectivity index (χ4v) is 4.08. The van der Waals surface area contributed by atoms with E-state index in [-0.39, 0.29) is 0 Å². The molecule has 0 bridgehead atoms. The lowest BCUT2D eigenvalue weighted by Gasteiger charge is -2.34. The Hall–Kier alpha value is -1.44. The van der Waals surface area contributed by atoms with Gasteiger partial charge in [-0.05, 0) is 50.6 Å². The molecular weight excluding hydrogens is 316 g/mol. The number of amides is 1. The van der Waals surface area contributed by atoms with Gasteiger partial charge in [-0.15, -0.1) is 0 Å². The van der Waals surface area contributed by atoms with Crippen molar-refractivity contribution in [1.82, 2.24) is 5.32 Å². The molecule has 0 atom stereocenters. The molecule has 1 amide bonds. The molecule has 0 saturated carbocycles. The van der Waals surface area contributed by atoms with E-state index in [1.54, 1.807) is 12.1 Å². The molecule has 0 radical (unpaired) electrons. The van der Waals surface area contributed by atoms with Gasteiger partial charge in [0.05, 0.1) is 6.61 Å². The van der Waals surface area contributed by atoms with Crippen molar-refractivity contribution in [2.75, 3.05) is 31.3 Å². The lowest BCUT2D eigenvalue weighted by Crippen LogP contribution is -2.55. The second-order valence-corrected chi connectivity index (χ2v) is 8.13. The van der Waals surface area contributed by atoms with E-state index in [4.69, 9.17) is 4.74 Å². The zero-order chi connectivity index (χ0) is 16.9. The molecule has 7 heteroatoms. The smallest absolute Gasteiger partial charge is 0.245 e. The summed E-state index contributed by atoms with van der Waals surface area (Å²) in [6.45, 7) is 4.13. The second-order valence-electron chi connectivity index (χ2n) is 5.80. The topological polar surface area (TPSA) is 84.5 Å². The fraction of sp³-hybridized carbons (Fsp3) is 0.562. The average Bonchev–Trinajstić information content (AvgIpc) is 2.54. The number of benzene rings is 1. The Bertz CT molecular complexity index is 635. The van der Waals surface area contributed by atoms with Crippen molar-refractivity contribution in [3.63, 3.8) is 0 Å². The van der Waals surface area contributed by atoms with E-state index in [1.807, 2.05) is 19.1 Å². The Balaban J connectivity index is 2.13. The standard InChI is InChI=1S/C16H24N2O4S/c1-3-22-12-13-4-6-14(7-5-13)18-15(19)16(23(2,20)21)8-10-17-11-9-16/h4-7,17H,3,8-12H2,1-2H3,(H,18,19). The molecule has 2 rings (SSSR count). The van der Waals surface area contributed by atoms with Crippen LogP contribution in [0.15, 0.2) is 24.3 Å². The van der Waals surface area contributed by atoms with Crippen LogP contribution in [-0.4, -0.2) is 45.0 Å². The first-order valence-electron chi connectivity index (χ1n) is 7.77. The third-order valence-corrected chi connectivity index (χ3v) is 6.23. The number of anilines is 1.